The van der Waals surface area contributed by atoms with Gasteiger partial charge < -0.3 is 9.04 Å². The van der Waals surface area contributed by atoms with Crippen LogP contribution < -0.4 is 0 Å². The lowest BCUT2D eigenvalue weighted by Crippen LogP contribution is -2.46. The number of hydrogen-bond donors (Lipinski definition) is 0. The van der Waals surface area contributed by atoms with E-state index in [2.05, 4.69) is 51.1 Å². The first kappa shape index (κ1) is 20.1. The van der Waals surface area contributed by atoms with Gasteiger partial charge >= 0.3 is 0 Å². The first-order valence-electron chi connectivity index (χ1n) is 7.65. The molecule has 1 rings (SSSR count). The van der Waals surface area contributed by atoms with Crippen molar-refractivity contribution in [3.63, 3.8) is 0 Å². The lowest BCUT2D eigenvalue weighted by molar-refractivity contribution is -0.936. The number of benzene rings is 1. The van der Waals surface area contributed by atoms with Crippen LogP contribution in [0.3, 0.4) is 0 Å². The molecule has 0 N–H and O–H groups in total. The third kappa shape index (κ3) is 8.86. The number of hydrogen-bond acceptors (Lipinski definition) is 3. The summed E-state index contributed by atoms with van der Waals surface area (Å²) in [5.74, 6) is -0.243. The third-order valence-electron chi connectivity index (χ3n) is 3.83. The monoisotopic (exact) mass is 315 g/mol. The minimum absolute atomic E-state index is 0.243. The maximum atomic E-state index is 9.68. The van der Waals surface area contributed by atoms with Gasteiger partial charge in [-0.25, -0.2) is 8.42 Å². The molecule has 0 aliphatic heterocycles. The summed E-state index contributed by atoms with van der Waals surface area (Å²) >= 11 is 0. The summed E-state index contributed by atoms with van der Waals surface area (Å²) < 4.78 is 30.2. The van der Waals surface area contributed by atoms with E-state index in [1.807, 2.05) is 0 Å². The van der Waals surface area contributed by atoms with Crippen molar-refractivity contribution >= 4 is 10.1 Å². The van der Waals surface area contributed by atoms with Gasteiger partial charge in [-0.1, -0.05) is 37.3 Å². The van der Waals surface area contributed by atoms with Crippen LogP contribution in [0.1, 0.15) is 39.7 Å². The normalized spacial score (nSPS) is 11.7. The second-order valence-corrected chi connectivity index (χ2v) is 6.72. The van der Waals surface area contributed by atoms with E-state index in [-0.39, 0.29) is 5.75 Å². The summed E-state index contributed by atoms with van der Waals surface area (Å²) in [6.07, 6.45) is 0.409. The van der Waals surface area contributed by atoms with Crippen molar-refractivity contribution in [2.75, 3.05) is 25.4 Å². The lowest BCUT2D eigenvalue weighted by atomic mass is 10.2. The quantitative estimate of drug-likeness (QED) is 0.574. The summed E-state index contributed by atoms with van der Waals surface area (Å²) in [6, 6.07) is 10.8. The fraction of sp³-hybridized carbons (Fsp3) is 0.625. The van der Waals surface area contributed by atoms with Crippen LogP contribution in [0.5, 0.6) is 0 Å². The molecule has 5 heteroatoms. The molecule has 0 aromatic heterocycles. The Morgan fingerprint density at radius 3 is 1.71 bits per heavy atom. The summed E-state index contributed by atoms with van der Waals surface area (Å²) in [6.45, 7) is 13.4. The van der Waals surface area contributed by atoms with Gasteiger partial charge in [-0.2, -0.15) is 0 Å². The summed E-state index contributed by atoms with van der Waals surface area (Å²) in [5, 5.41) is 0. The molecule has 122 valence electrons. The zero-order valence-electron chi connectivity index (χ0n) is 13.7. The highest BCUT2D eigenvalue weighted by atomic mass is 32.2. The SMILES string of the molecule is CCCS(=O)(=O)[O-].CC[N+](CC)(CC)Cc1ccccc1. The Balaban J connectivity index is 0.000000486. The standard InChI is InChI=1S/C13H22N.C3H8O3S/c1-4-14(5-2,6-3)12-13-10-8-7-9-11-13;1-2-3-7(4,5)6/h7-11H,4-6,12H2,1-3H3;2-3H2,1H3,(H,4,5,6)/q+1;/p-1. The highest BCUT2D eigenvalue weighted by molar-refractivity contribution is 7.85. The zero-order chi connectivity index (χ0) is 16.4. The maximum Gasteiger partial charge on any atom is 0.104 e. The van der Waals surface area contributed by atoms with Gasteiger partial charge in [0, 0.05) is 11.3 Å². The maximum absolute atomic E-state index is 9.68. The Morgan fingerprint density at radius 2 is 1.43 bits per heavy atom. The molecule has 1 aromatic rings. The van der Waals surface area contributed by atoms with Crippen molar-refractivity contribution < 1.29 is 17.5 Å². The van der Waals surface area contributed by atoms with Gasteiger partial charge in [-0.15, -0.1) is 0 Å². The molecule has 0 saturated carbocycles. The predicted molar refractivity (Wildman–Crippen MR) is 86.9 cm³/mol. The molecule has 0 unspecified atom stereocenters. The smallest absolute Gasteiger partial charge is 0.104 e. The van der Waals surface area contributed by atoms with E-state index < -0.39 is 10.1 Å². The molecule has 4 nitrogen and oxygen atoms in total. The van der Waals surface area contributed by atoms with Crippen molar-refractivity contribution in [2.45, 2.75) is 40.7 Å². The van der Waals surface area contributed by atoms with E-state index in [0.29, 0.717) is 6.42 Å². The Kier molecular flexibility index (Phi) is 9.49. The molecule has 0 radical (unpaired) electrons. The van der Waals surface area contributed by atoms with Gasteiger partial charge in [0.05, 0.1) is 29.8 Å². The van der Waals surface area contributed by atoms with E-state index in [1.165, 1.54) is 36.2 Å². The van der Waals surface area contributed by atoms with Crippen molar-refractivity contribution in [1.82, 2.24) is 0 Å². The summed E-state index contributed by atoms with van der Waals surface area (Å²) in [7, 11) is -3.92. The summed E-state index contributed by atoms with van der Waals surface area (Å²) in [4.78, 5) is 0. The Hall–Kier alpha value is -0.910. The number of rotatable bonds is 7. The third-order valence-corrected chi connectivity index (χ3v) is 4.74. The molecule has 0 bridgehead atoms. The van der Waals surface area contributed by atoms with Crippen LogP contribution in [-0.2, 0) is 16.7 Å². The molecule has 0 atom stereocenters. The molecule has 21 heavy (non-hydrogen) atoms. The van der Waals surface area contributed by atoms with Crippen LogP contribution in [0.15, 0.2) is 30.3 Å². The topological polar surface area (TPSA) is 57.2 Å². The first-order chi connectivity index (χ1) is 9.82. The van der Waals surface area contributed by atoms with E-state index >= 15 is 0 Å². The Labute approximate surface area is 130 Å². The van der Waals surface area contributed by atoms with Crippen molar-refractivity contribution in [2.24, 2.45) is 0 Å². The van der Waals surface area contributed by atoms with Crippen LogP contribution in [0.4, 0.5) is 0 Å². The molecular weight excluding hydrogens is 286 g/mol. The molecule has 0 fully saturated rings. The van der Waals surface area contributed by atoms with Crippen LogP contribution in [0, 0.1) is 0 Å². The average molecular weight is 315 g/mol. The van der Waals surface area contributed by atoms with Gasteiger partial charge in [0.25, 0.3) is 0 Å². The molecule has 0 aliphatic rings. The number of nitrogens with zero attached hydrogens (tertiary/aromatic N) is 1. The fourth-order valence-corrected chi connectivity index (χ4v) is 2.73. The minimum Gasteiger partial charge on any atom is -0.748 e. The van der Waals surface area contributed by atoms with Crippen LogP contribution >= 0.6 is 0 Å². The predicted octanol–water partition coefficient (Wildman–Crippen LogP) is 3.00. The van der Waals surface area contributed by atoms with E-state index in [9.17, 15) is 13.0 Å². The average Bonchev–Trinajstić information content (AvgIpc) is 2.45. The van der Waals surface area contributed by atoms with Gasteiger partial charge in [0.15, 0.2) is 0 Å². The van der Waals surface area contributed by atoms with Crippen LogP contribution in [0.2, 0.25) is 0 Å². The second kappa shape index (κ2) is 9.92. The first-order valence-corrected chi connectivity index (χ1v) is 9.22. The number of quaternary nitrogens is 1. The molecule has 0 aliphatic carbocycles. The van der Waals surface area contributed by atoms with Crippen molar-refractivity contribution in [3.8, 4) is 0 Å². The summed E-state index contributed by atoms with van der Waals surface area (Å²) in [5.41, 5.74) is 1.46. The second-order valence-electron chi connectivity index (χ2n) is 5.20. The largest absolute Gasteiger partial charge is 0.748 e. The minimum atomic E-state index is -3.92. The van der Waals surface area contributed by atoms with Gasteiger partial charge in [-0.05, 0) is 27.2 Å². The fourth-order valence-electron chi connectivity index (χ4n) is 2.23. The van der Waals surface area contributed by atoms with Crippen LogP contribution in [0.25, 0.3) is 0 Å². The molecule has 0 saturated heterocycles. The Morgan fingerprint density at radius 1 is 0.952 bits per heavy atom. The van der Waals surface area contributed by atoms with Crippen LogP contribution in [-0.4, -0.2) is 42.8 Å². The van der Waals surface area contributed by atoms with Gasteiger partial charge in [0.1, 0.15) is 6.54 Å². The molecule has 0 amide bonds. The van der Waals surface area contributed by atoms with Crippen molar-refractivity contribution in [1.29, 1.82) is 0 Å². The van der Waals surface area contributed by atoms with Gasteiger partial charge in [-0.3, -0.25) is 0 Å². The molecular formula is C16H29NO3S. The van der Waals surface area contributed by atoms with Crippen molar-refractivity contribution in [3.05, 3.63) is 35.9 Å². The van der Waals surface area contributed by atoms with E-state index in [4.69, 9.17) is 0 Å². The molecule has 1 aromatic carbocycles. The lowest BCUT2D eigenvalue weighted by Gasteiger charge is -2.35. The van der Waals surface area contributed by atoms with Gasteiger partial charge in [0.2, 0.25) is 0 Å². The zero-order valence-corrected chi connectivity index (χ0v) is 14.5. The Bertz CT molecular complexity index is 459. The molecule has 0 spiro atoms. The van der Waals surface area contributed by atoms with E-state index in [1.54, 1.807) is 6.92 Å². The highest BCUT2D eigenvalue weighted by Crippen LogP contribution is 2.13. The highest BCUT2D eigenvalue weighted by Gasteiger charge is 2.20. The molecule has 0 heterocycles. The van der Waals surface area contributed by atoms with E-state index in [0.717, 1.165) is 0 Å².